The SMILES string of the molecule is CC.CC.CC(C)C.c1ccc2ncncc2c1. The standard InChI is InChI=1S/C8H6N2.C4H10.2C2H6/c1-2-4-8-7(3-1)5-9-6-10-8;1-4(2)3;2*1-2/h1-6H;4H,1-3H3;2*1-2H3. The number of aromatic nitrogens is 2. The first-order chi connectivity index (χ1) is 8.70. The lowest BCUT2D eigenvalue weighted by Crippen LogP contribution is -1.77. The number of benzene rings is 1. The van der Waals surface area contributed by atoms with E-state index in [4.69, 9.17) is 0 Å². The summed E-state index contributed by atoms with van der Waals surface area (Å²) in [5.74, 6) is 0.833. The summed E-state index contributed by atoms with van der Waals surface area (Å²) in [6, 6.07) is 7.91. The van der Waals surface area contributed by atoms with Crippen LogP contribution in [0.3, 0.4) is 0 Å². The molecular formula is C16H28N2. The van der Waals surface area contributed by atoms with E-state index in [1.807, 2.05) is 58.2 Å². The molecule has 0 atom stereocenters. The fourth-order valence-corrected chi connectivity index (χ4v) is 0.923. The maximum atomic E-state index is 4.07. The largest absolute Gasteiger partial charge is 0.244 e. The first kappa shape index (κ1) is 18.9. The van der Waals surface area contributed by atoms with Crippen molar-refractivity contribution in [2.24, 2.45) is 5.92 Å². The van der Waals surface area contributed by atoms with Crippen LogP contribution in [-0.2, 0) is 0 Å². The molecule has 0 aliphatic rings. The summed E-state index contributed by atoms with van der Waals surface area (Å²) < 4.78 is 0. The summed E-state index contributed by atoms with van der Waals surface area (Å²) in [4.78, 5) is 7.97. The zero-order valence-corrected chi connectivity index (χ0v) is 12.9. The second kappa shape index (κ2) is 13.6. The molecule has 2 aromatic rings. The molecule has 0 bridgehead atoms. The van der Waals surface area contributed by atoms with Crippen molar-refractivity contribution in [3.8, 4) is 0 Å². The lowest BCUT2D eigenvalue weighted by molar-refractivity contribution is 0.737. The molecule has 0 aliphatic carbocycles. The average molecular weight is 248 g/mol. The van der Waals surface area contributed by atoms with E-state index in [9.17, 15) is 0 Å². The maximum absolute atomic E-state index is 4.07. The molecule has 2 heteroatoms. The fraction of sp³-hybridized carbons (Fsp3) is 0.500. The Hall–Kier alpha value is -1.44. The zero-order valence-electron chi connectivity index (χ0n) is 12.9. The molecule has 0 unspecified atom stereocenters. The normalized spacial score (nSPS) is 8.22. The predicted octanol–water partition coefficient (Wildman–Crippen LogP) is 5.34. The van der Waals surface area contributed by atoms with Gasteiger partial charge in [-0.2, -0.15) is 0 Å². The van der Waals surface area contributed by atoms with Crippen LogP contribution in [0.15, 0.2) is 36.8 Å². The van der Waals surface area contributed by atoms with Crippen LogP contribution in [0, 0.1) is 5.92 Å². The summed E-state index contributed by atoms with van der Waals surface area (Å²) in [6.07, 6.45) is 3.37. The van der Waals surface area contributed by atoms with Gasteiger partial charge in [0.1, 0.15) is 6.33 Å². The van der Waals surface area contributed by atoms with Crippen molar-refractivity contribution in [2.45, 2.75) is 48.5 Å². The lowest BCUT2D eigenvalue weighted by Gasteiger charge is -1.90. The number of nitrogens with zero attached hydrogens (tertiary/aromatic N) is 2. The van der Waals surface area contributed by atoms with Gasteiger partial charge in [0.25, 0.3) is 0 Å². The number of fused-ring (bicyclic) bond motifs is 1. The van der Waals surface area contributed by atoms with Crippen molar-refractivity contribution in [1.29, 1.82) is 0 Å². The Morgan fingerprint density at radius 2 is 1.39 bits per heavy atom. The van der Waals surface area contributed by atoms with Gasteiger partial charge in [-0.15, -0.1) is 0 Å². The maximum Gasteiger partial charge on any atom is 0.116 e. The van der Waals surface area contributed by atoms with Crippen LogP contribution in [0.5, 0.6) is 0 Å². The Balaban J connectivity index is 0. The highest BCUT2D eigenvalue weighted by molar-refractivity contribution is 5.76. The Bertz CT molecular complexity index is 315. The minimum absolute atomic E-state index is 0.833. The molecule has 18 heavy (non-hydrogen) atoms. The zero-order chi connectivity index (χ0) is 14.4. The fourth-order valence-electron chi connectivity index (χ4n) is 0.923. The second-order valence-electron chi connectivity index (χ2n) is 3.81. The van der Waals surface area contributed by atoms with Gasteiger partial charge in [0.15, 0.2) is 0 Å². The van der Waals surface area contributed by atoms with Gasteiger partial charge in [0.2, 0.25) is 0 Å². The highest BCUT2D eigenvalue weighted by Crippen LogP contribution is 2.06. The van der Waals surface area contributed by atoms with Crippen molar-refractivity contribution in [1.82, 2.24) is 9.97 Å². The van der Waals surface area contributed by atoms with E-state index in [-0.39, 0.29) is 0 Å². The van der Waals surface area contributed by atoms with E-state index >= 15 is 0 Å². The van der Waals surface area contributed by atoms with Crippen molar-refractivity contribution in [3.05, 3.63) is 36.8 Å². The monoisotopic (exact) mass is 248 g/mol. The molecular weight excluding hydrogens is 220 g/mol. The smallest absolute Gasteiger partial charge is 0.116 e. The Morgan fingerprint density at radius 1 is 0.889 bits per heavy atom. The summed E-state index contributed by atoms with van der Waals surface area (Å²) in [7, 11) is 0. The minimum Gasteiger partial charge on any atom is -0.244 e. The first-order valence-corrected chi connectivity index (χ1v) is 6.85. The van der Waals surface area contributed by atoms with E-state index < -0.39 is 0 Å². The van der Waals surface area contributed by atoms with Crippen LogP contribution >= 0.6 is 0 Å². The van der Waals surface area contributed by atoms with E-state index in [1.165, 1.54) is 0 Å². The second-order valence-corrected chi connectivity index (χ2v) is 3.81. The Kier molecular flexibility index (Phi) is 14.3. The summed E-state index contributed by atoms with van der Waals surface area (Å²) >= 11 is 0. The quantitative estimate of drug-likeness (QED) is 0.628. The number of para-hydroxylation sites is 1. The molecule has 0 saturated heterocycles. The average Bonchev–Trinajstić information content (AvgIpc) is 2.43. The summed E-state index contributed by atoms with van der Waals surface area (Å²) in [5, 5.41) is 1.09. The predicted molar refractivity (Wildman–Crippen MR) is 82.7 cm³/mol. The molecule has 0 fully saturated rings. The molecule has 1 aromatic carbocycles. The van der Waals surface area contributed by atoms with Gasteiger partial charge >= 0.3 is 0 Å². The molecule has 0 aliphatic heterocycles. The van der Waals surface area contributed by atoms with Gasteiger partial charge in [0.05, 0.1) is 5.52 Å². The molecule has 2 rings (SSSR count). The van der Waals surface area contributed by atoms with Crippen molar-refractivity contribution >= 4 is 10.9 Å². The van der Waals surface area contributed by atoms with Crippen LogP contribution in [0.25, 0.3) is 10.9 Å². The highest BCUT2D eigenvalue weighted by atomic mass is 14.8. The van der Waals surface area contributed by atoms with Crippen molar-refractivity contribution in [2.75, 3.05) is 0 Å². The summed E-state index contributed by atoms with van der Waals surface area (Å²) in [5.41, 5.74) is 0.998. The number of hydrogen-bond donors (Lipinski definition) is 0. The van der Waals surface area contributed by atoms with Crippen LogP contribution in [0.1, 0.15) is 48.5 Å². The summed E-state index contributed by atoms with van der Waals surface area (Å²) in [6.45, 7) is 14.5. The molecule has 0 amide bonds. The van der Waals surface area contributed by atoms with Gasteiger partial charge < -0.3 is 0 Å². The number of hydrogen-bond acceptors (Lipinski definition) is 2. The van der Waals surface area contributed by atoms with E-state index in [1.54, 1.807) is 6.33 Å². The number of rotatable bonds is 0. The molecule has 0 saturated carbocycles. The first-order valence-electron chi connectivity index (χ1n) is 6.85. The van der Waals surface area contributed by atoms with Gasteiger partial charge in [-0.3, -0.25) is 0 Å². The van der Waals surface area contributed by atoms with Crippen LogP contribution < -0.4 is 0 Å². The molecule has 1 aromatic heterocycles. The third kappa shape index (κ3) is 9.76. The van der Waals surface area contributed by atoms with Crippen molar-refractivity contribution in [3.63, 3.8) is 0 Å². The molecule has 0 N–H and O–H groups in total. The van der Waals surface area contributed by atoms with E-state index in [0.29, 0.717) is 0 Å². The highest BCUT2D eigenvalue weighted by Gasteiger charge is 1.87. The van der Waals surface area contributed by atoms with Gasteiger partial charge in [-0.1, -0.05) is 66.7 Å². The molecule has 0 spiro atoms. The molecule has 102 valence electrons. The topological polar surface area (TPSA) is 25.8 Å². The van der Waals surface area contributed by atoms with Crippen molar-refractivity contribution < 1.29 is 0 Å². The molecule has 0 radical (unpaired) electrons. The Morgan fingerprint density at radius 3 is 1.89 bits per heavy atom. The minimum atomic E-state index is 0.833. The van der Waals surface area contributed by atoms with Crippen LogP contribution in [0.4, 0.5) is 0 Å². The molecule has 2 nitrogen and oxygen atoms in total. The molecule has 1 heterocycles. The van der Waals surface area contributed by atoms with Gasteiger partial charge in [-0.05, 0) is 12.0 Å². The van der Waals surface area contributed by atoms with Gasteiger partial charge in [0, 0.05) is 11.6 Å². The third-order valence-electron chi connectivity index (χ3n) is 1.41. The van der Waals surface area contributed by atoms with E-state index in [2.05, 4.69) is 30.7 Å². The lowest BCUT2D eigenvalue weighted by atomic mass is 10.2. The third-order valence-corrected chi connectivity index (χ3v) is 1.41. The van der Waals surface area contributed by atoms with Gasteiger partial charge in [-0.25, -0.2) is 9.97 Å². The van der Waals surface area contributed by atoms with E-state index in [0.717, 1.165) is 16.8 Å². The Labute approximate surface area is 112 Å². The van der Waals surface area contributed by atoms with Crippen LogP contribution in [-0.4, -0.2) is 9.97 Å². The van der Waals surface area contributed by atoms with Crippen LogP contribution in [0.2, 0.25) is 0 Å².